The average Bonchev–Trinajstić information content (AvgIpc) is 2.47. The molecule has 0 saturated carbocycles. The lowest BCUT2D eigenvalue weighted by Gasteiger charge is -2.27. The number of aliphatic carboxylic acids is 1. The van der Waals surface area contributed by atoms with Crippen LogP contribution in [0.1, 0.15) is 37.8 Å². The van der Waals surface area contributed by atoms with Crippen molar-refractivity contribution in [3.8, 4) is 5.75 Å². The number of rotatable bonds is 6. The lowest BCUT2D eigenvalue weighted by Crippen LogP contribution is -2.30. The summed E-state index contributed by atoms with van der Waals surface area (Å²) < 4.78 is 6.03. The van der Waals surface area contributed by atoms with E-state index in [0.29, 0.717) is 0 Å². The molecule has 1 N–H and O–H groups in total. The van der Waals surface area contributed by atoms with Crippen LogP contribution in [0.5, 0.6) is 5.75 Å². The van der Waals surface area contributed by atoms with E-state index in [1.54, 1.807) is 6.92 Å². The van der Waals surface area contributed by atoms with Gasteiger partial charge in [0.1, 0.15) is 11.4 Å². The van der Waals surface area contributed by atoms with Gasteiger partial charge in [0.15, 0.2) is 0 Å². The van der Waals surface area contributed by atoms with Crippen LogP contribution in [-0.4, -0.2) is 16.7 Å². The Labute approximate surface area is 131 Å². The summed E-state index contributed by atoms with van der Waals surface area (Å²) in [6.07, 6.45) is 0.754. The number of para-hydroxylation sites is 1. The second kappa shape index (κ2) is 6.65. The van der Waals surface area contributed by atoms with Crippen LogP contribution in [0.2, 0.25) is 0 Å². The normalized spacial score (nSPS) is 12.7. The van der Waals surface area contributed by atoms with Gasteiger partial charge < -0.3 is 9.84 Å². The van der Waals surface area contributed by atoms with Gasteiger partial charge in [0.05, 0.1) is 5.92 Å². The largest absolute Gasteiger partial charge is 0.488 e. The maximum absolute atomic E-state index is 11.0. The highest BCUT2D eigenvalue weighted by Gasteiger charge is 2.21. The molecular weight excluding hydrogens is 276 g/mol. The summed E-state index contributed by atoms with van der Waals surface area (Å²) in [4.78, 5) is 11.0. The summed E-state index contributed by atoms with van der Waals surface area (Å²) in [7, 11) is 0. The molecule has 1 unspecified atom stereocenters. The summed E-state index contributed by atoms with van der Waals surface area (Å²) in [5, 5.41) is 9.04. The van der Waals surface area contributed by atoms with Crippen LogP contribution in [-0.2, 0) is 11.2 Å². The Bertz CT molecular complexity index is 615. The zero-order valence-corrected chi connectivity index (χ0v) is 13.2. The van der Waals surface area contributed by atoms with Gasteiger partial charge in [-0.25, -0.2) is 0 Å². The summed E-state index contributed by atoms with van der Waals surface area (Å²) in [5.74, 6) is -0.438. The molecule has 0 aliphatic rings. The molecule has 0 bridgehead atoms. The van der Waals surface area contributed by atoms with Crippen LogP contribution in [0, 0.1) is 0 Å². The molecule has 22 heavy (non-hydrogen) atoms. The highest BCUT2D eigenvalue weighted by atomic mass is 16.5. The van der Waals surface area contributed by atoms with Crippen LogP contribution in [0.15, 0.2) is 54.6 Å². The molecule has 0 amide bonds. The van der Waals surface area contributed by atoms with Crippen molar-refractivity contribution in [1.29, 1.82) is 0 Å². The van der Waals surface area contributed by atoms with Gasteiger partial charge in [-0.15, -0.1) is 0 Å². The van der Waals surface area contributed by atoms with Crippen LogP contribution in [0.25, 0.3) is 0 Å². The third-order valence-corrected chi connectivity index (χ3v) is 3.62. The number of benzene rings is 2. The molecule has 0 aliphatic carbocycles. The Morgan fingerprint density at radius 3 is 2.23 bits per heavy atom. The van der Waals surface area contributed by atoms with E-state index in [9.17, 15) is 4.79 Å². The molecule has 2 aromatic rings. The van der Waals surface area contributed by atoms with Crippen molar-refractivity contribution in [2.24, 2.45) is 0 Å². The number of hydrogen-bond acceptors (Lipinski definition) is 2. The van der Waals surface area contributed by atoms with E-state index in [-0.39, 0.29) is 5.60 Å². The van der Waals surface area contributed by atoms with E-state index in [1.165, 1.54) is 0 Å². The number of carbonyl (C=O) groups is 1. The molecule has 0 aliphatic heterocycles. The minimum Gasteiger partial charge on any atom is -0.488 e. The Morgan fingerprint density at radius 1 is 1.09 bits per heavy atom. The quantitative estimate of drug-likeness (QED) is 0.866. The molecule has 0 spiro atoms. The smallest absolute Gasteiger partial charge is 0.310 e. The van der Waals surface area contributed by atoms with Gasteiger partial charge in [0.25, 0.3) is 0 Å². The predicted molar refractivity (Wildman–Crippen MR) is 87.3 cm³/mol. The summed E-state index contributed by atoms with van der Waals surface area (Å²) in [6.45, 7) is 5.79. The molecule has 0 aromatic heterocycles. The standard InChI is InChI=1S/C19H22O3/c1-14(18(20)21)16-11-9-15(10-12-16)13-19(2,3)22-17-7-5-4-6-8-17/h4-12,14H,13H2,1-3H3,(H,20,21). The molecule has 3 heteroatoms. The molecule has 1 atom stereocenters. The van der Waals surface area contributed by atoms with E-state index in [2.05, 4.69) is 0 Å². The first kappa shape index (κ1) is 16.1. The lowest BCUT2D eigenvalue weighted by atomic mass is 9.94. The summed E-state index contributed by atoms with van der Waals surface area (Å²) in [6, 6.07) is 17.5. The fourth-order valence-electron chi connectivity index (χ4n) is 2.40. The van der Waals surface area contributed by atoms with Crippen molar-refractivity contribution < 1.29 is 14.6 Å². The van der Waals surface area contributed by atoms with E-state index in [0.717, 1.165) is 23.3 Å². The molecule has 0 saturated heterocycles. The van der Waals surface area contributed by atoms with E-state index >= 15 is 0 Å². The lowest BCUT2D eigenvalue weighted by molar-refractivity contribution is -0.138. The van der Waals surface area contributed by atoms with Crippen molar-refractivity contribution in [1.82, 2.24) is 0 Å². The predicted octanol–water partition coefficient (Wildman–Crippen LogP) is 4.27. The third kappa shape index (κ3) is 4.35. The molecule has 2 aromatic carbocycles. The van der Waals surface area contributed by atoms with Gasteiger partial charge in [-0.3, -0.25) is 4.79 Å². The molecule has 0 fully saturated rings. The Hall–Kier alpha value is -2.29. The van der Waals surface area contributed by atoms with Gasteiger partial charge in [-0.1, -0.05) is 42.5 Å². The van der Waals surface area contributed by atoms with Gasteiger partial charge in [-0.2, -0.15) is 0 Å². The zero-order chi connectivity index (χ0) is 16.2. The fraction of sp³-hybridized carbons (Fsp3) is 0.316. The maximum atomic E-state index is 11.0. The molecule has 0 radical (unpaired) electrons. The number of carboxylic acids is 1. The first-order valence-electron chi connectivity index (χ1n) is 7.43. The van der Waals surface area contributed by atoms with Gasteiger partial charge in [0.2, 0.25) is 0 Å². The van der Waals surface area contributed by atoms with Gasteiger partial charge in [-0.05, 0) is 44.0 Å². The zero-order valence-electron chi connectivity index (χ0n) is 13.2. The average molecular weight is 298 g/mol. The molecule has 2 rings (SSSR count). The number of carboxylic acid groups (broad SMARTS) is 1. The number of hydrogen-bond donors (Lipinski definition) is 1. The fourth-order valence-corrected chi connectivity index (χ4v) is 2.40. The second-order valence-electron chi connectivity index (χ2n) is 6.15. The van der Waals surface area contributed by atoms with Gasteiger partial charge >= 0.3 is 5.97 Å². The highest BCUT2D eigenvalue weighted by Crippen LogP contribution is 2.23. The van der Waals surface area contributed by atoms with Crippen LogP contribution < -0.4 is 4.74 Å². The summed E-state index contributed by atoms with van der Waals surface area (Å²) >= 11 is 0. The Morgan fingerprint density at radius 2 is 1.68 bits per heavy atom. The van der Waals surface area contributed by atoms with Crippen molar-refractivity contribution >= 4 is 5.97 Å². The molecule has 116 valence electrons. The first-order chi connectivity index (χ1) is 10.4. The molecule has 0 heterocycles. The van der Waals surface area contributed by atoms with Crippen molar-refractivity contribution in [3.05, 3.63) is 65.7 Å². The Kier molecular flexibility index (Phi) is 4.86. The second-order valence-corrected chi connectivity index (χ2v) is 6.15. The van der Waals surface area contributed by atoms with Crippen LogP contribution >= 0.6 is 0 Å². The third-order valence-electron chi connectivity index (χ3n) is 3.62. The molecule has 3 nitrogen and oxygen atoms in total. The minimum atomic E-state index is -0.805. The van der Waals surface area contributed by atoms with E-state index in [1.807, 2.05) is 68.4 Å². The topological polar surface area (TPSA) is 46.5 Å². The number of ether oxygens (including phenoxy) is 1. The molecular formula is C19H22O3. The van der Waals surface area contributed by atoms with E-state index in [4.69, 9.17) is 9.84 Å². The first-order valence-corrected chi connectivity index (χ1v) is 7.43. The Balaban J connectivity index is 2.05. The van der Waals surface area contributed by atoms with Crippen LogP contribution in [0.4, 0.5) is 0 Å². The van der Waals surface area contributed by atoms with Crippen molar-refractivity contribution in [2.75, 3.05) is 0 Å². The van der Waals surface area contributed by atoms with E-state index < -0.39 is 11.9 Å². The van der Waals surface area contributed by atoms with Crippen molar-refractivity contribution in [3.63, 3.8) is 0 Å². The van der Waals surface area contributed by atoms with Gasteiger partial charge in [0, 0.05) is 6.42 Å². The SMILES string of the molecule is CC(C(=O)O)c1ccc(CC(C)(C)Oc2ccccc2)cc1. The highest BCUT2D eigenvalue weighted by molar-refractivity contribution is 5.75. The maximum Gasteiger partial charge on any atom is 0.310 e. The monoisotopic (exact) mass is 298 g/mol. The van der Waals surface area contributed by atoms with Crippen LogP contribution in [0.3, 0.4) is 0 Å². The minimum absolute atomic E-state index is 0.332. The van der Waals surface area contributed by atoms with Crippen molar-refractivity contribution in [2.45, 2.75) is 38.7 Å². The summed E-state index contributed by atoms with van der Waals surface area (Å²) in [5.41, 5.74) is 1.61.